The van der Waals surface area contributed by atoms with Gasteiger partial charge in [0.2, 0.25) is 0 Å². The van der Waals surface area contributed by atoms with Gasteiger partial charge >= 0.3 is 5.97 Å². The van der Waals surface area contributed by atoms with Crippen LogP contribution in [0.1, 0.15) is 21.7 Å². The second kappa shape index (κ2) is 7.53. The van der Waals surface area contributed by atoms with Crippen LogP contribution in [0.2, 0.25) is 0 Å². The van der Waals surface area contributed by atoms with Crippen LogP contribution in [0.3, 0.4) is 0 Å². The Kier molecular flexibility index (Phi) is 4.99. The molecular formula is C21H17NO4. The van der Waals surface area contributed by atoms with Crippen molar-refractivity contribution in [3.63, 3.8) is 0 Å². The van der Waals surface area contributed by atoms with Crippen molar-refractivity contribution in [1.29, 1.82) is 0 Å². The van der Waals surface area contributed by atoms with E-state index >= 15 is 0 Å². The van der Waals surface area contributed by atoms with Crippen LogP contribution in [-0.4, -0.2) is 17.0 Å². The highest BCUT2D eigenvalue weighted by atomic mass is 16.4. The van der Waals surface area contributed by atoms with Crippen molar-refractivity contribution in [3.05, 3.63) is 83.6 Å². The maximum atomic E-state index is 12.4. The third-order valence-electron chi connectivity index (χ3n) is 3.73. The molecule has 3 aromatic rings. The van der Waals surface area contributed by atoms with Crippen molar-refractivity contribution >= 4 is 23.6 Å². The number of amides is 1. The Hall–Kier alpha value is -3.60. The lowest BCUT2D eigenvalue weighted by Gasteiger charge is -2.04. The highest BCUT2D eigenvalue weighted by Gasteiger charge is 2.12. The first kappa shape index (κ1) is 17.2. The molecule has 1 heterocycles. The minimum absolute atomic E-state index is 0.201. The zero-order valence-corrected chi connectivity index (χ0v) is 14.1. The van der Waals surface area contributed by atoms with Crippen molar-refractivity contribution in [3.8, 4) is 11.3 Å². The number of rotatable bonds is 5. The van der Waals surface area contributed by atoms with Gasteiger partial charge in [-0.05, 0) is 42.8 Å². The number of carboxylic acid groups (broad SMARTS) is 1. The summed E-state index contributed by atoms with van der Waals surface area (Å²) in [4.78, 5) is 23.0. The summed E-state index contributed by atoms with van der Waals surface area (Å²) in [6, 6.07) is 18.1. The fourth-order valence-corrected chi connectivity index (χ4v) is 2.41. The number of carbonyl (C=O) groups excluding carboxylic acids is 1. The predicted molar refractivity (Wildman–Crippen MR) is 99.9 cm³/mol. The van der Waals surface area contributed by atoms with E-state index in [1.54, 1.807) is 36.4 Å². The van der Waals surface area contributed by atoms with Gasteiger partial charge in [-0.2, -0.15) is 0 Å². The van der Waals surface area contributed by atoms with Gasteiger partial charge in [-0.1, -0.05) is 42.0 Å². The van der Waals surface area contributed by atoms with E-state index in [0.29, 0.717) is 17.0 Å². The molecule has 0 radical (unpaired) electrons. The monoisotopic (exact) mass is 347 g/mol. The molecule has 2 N–H and O–H groups in total. The molecule has 0 bridgehead atoms. The van der Waals surface area contributed by atoms with Gasteiger partial charge in [0.1, 0.15) is 5.76 Å². The molecular weight excluding hydrogens is 330 g/mol. The van der Waals surface area contributed by atoms with Crippen molar-refractivity contribution in [2.45, 2.75) is 6.92 Å². The van der Waals surface area contributed by atoms with Gasteiger partial charge in [0.05, 0.1) is 0 Å². The maximum Gasteiger partial charge on any atom is 0.328 e. The highest BCUT2D eigenvalue weighted by molar-refractivity contribution is 6.02. The normalized spacial score (nSPS) is 10.8. The average Bonchev–Trinajstić information content (AvgIpc) is 3.11. The lowest BCUT2D eigenvalue weighted by molar-refractivity contribution is -0.131. The third kappa shape index (κ3) is 4.27. The Morgan fingerprint density at radius 2 is 1.81 bits per heavy atom. The van der Waals surface area contributed by atoms with Gasteiger partial charge in [-0.3, -0.25) is 4.79 Å². The summed E-state index contributed by atoms with van der Waals surface area (Å²) in [6.07, 6.45) is 2.50. The van der Waals surface area contributed by atoms with Crippen LogP contribution in [-0.2, 0) is 4.79 Å². The fourth-order valence-electron chi connectivity index (χ4n) is 2.41. The van der Waals surface area contributed by atoms with E-state index in [1.807, 2.05) is 31.2 Å². The van der Waals surface area contributed by atoms with Gasteiger partial charge in [-0.15, -0.1) is 0 Å². The van der Waals surface area contributed by atoms with E-state index < -0.39 is 5.97 Å². The standard InChI is InChI=1S/C21H17NO4/c1-14-5-8-16(9-6-14)18-10-11-19(26-18)21(25)22-17-4-2-3-15(13-17)7-12-20(23)24/h2-13H,1H3,(H,22,25)(H,23,24)/b12-7+. The quantitative estimate of drug-likeness (QED) is 0.661. The van der Waals surface area contributed by atoms with Gasteiger partial charge in [-0.25, -0.2) is 4.79 Å². The second-order valence-corrected chi connectivity index (χ2v) is 5.78. The number of aryl methyl sites for hydroxylation is 1. The fraction of sp³-hybridized carbons (Fsp3) is 0.0476. The van der Waals surface area contributed by atoms with E-state index in [-0.39, 0.29) is 11.7 Å². The molecule has 0 saturated carbocycles. The minimum Gasteiger partial charge on any atom is -0.478 e. The maximum absolute atomic E-state index is 12.4. The van der Waals surface area contributed by atoms with Crippen LogP contribution < -0.4 is 5.32 Å². The van der Waals surface area contributed by atoms with E-state index in [0.717, 1.165) is 17.2 Å². The zero-order valence-electron chi connectivity index (χ0n) is 14.1. The molecule has 0 spiro atoms. The molecule has 5 heteroatoms. The number of carboxylic acids is 1. The summed E-state index contributed by atoms with van der Waals surface area (Å²) in [5.41, 5.74) is 3.27. The zero-order chi connectivity index (χ0) is 18.5. The Balaban J connectivity index is 1.73. The van der Waals surface area contributed by atoms with Crippen molar-refractivity contribution in [2.75, 3.05) is 5.32 Å². The molecule has 1 aromatic heterocycles. The van der Waals surface area contributed by atoms with Gasteiger partial charge in [0, 0.05) is 17.3 Å². The van der Waals surface area contributed by atoms with Crippen LogP contribution in [0.15, 0.2) is 71.2 Å². The summed E-state index contributed by atoms with van der Waals surface area (Å²) in [5, 5.41) is 11.4. The van der Waals surface area contributed by atoms with E-state index in [9.17, 15) is 9.59 Å². The first-order chi connectivity index (χ1) is 12.5. The van der Waals surface area contributed by atoms with E-state index in [1.165, 1.54) is 6.08 Å². The Morgan fingerprint density at radius 1 is 1.04 bits per heavy atom. The van der Waals surface area contributed by atoms with E-state index in [4.69, 9.17) is 9.52 Å². The van der Waals surface area contributed by atoms with Crippen molar-refractivity contribution in [1.82, 2.24) is 0 Å². The number of anilines is 1. The number of benzene rings is 2. The van der Waals surface area contributed by atoms with Crippen LogP contribution in [0.5, 0.6) is 0 Å². The second-order valence-electron chi connectivity index (χ2n) is 5.78. The molecule has 130 valence electrons. The van der Waals surface area contributed by atoms with Gasteiger partial charge in [0.15, 0.2) is 5.76 Å². The Labute approximate surface area is 150 Å². The van der Waals surface area contributed by atoms with E-state index in [2.05, 4.69) is 5.32 Å². The topological polar surface area (TPSA) is 79.5 Å². The molecule has 0 fully saturated rings. The molecule has 1 amide bonds. The summed E-state index contributed by atoms with van der Waals surface area (Å²) in [5.74, 6) is -0.582. The molecule has 0 saturated heterocycles. The molecule has 26 heavy (non-hydrogen) atoms. The average molecular weight is 347 g/mol. The van der Waals surface area contributed by atoms with Gasteiger partial charge in [0.25, 0.3) is 5.91 Å². The van der Waals surface area contributed by atoms with Crippen LogP contribution in [0.25, 0.3) is 17.4 Å². The molecule has 0 aliphatic heterocycles. The van der Waals surface area contributed by atoms with Gasteiger partial charge < -0.3 is 14.8 Å². The summed E-state index contributed by atoms with van der Waals surface area (Å²) in [7, 11) is 0. The van der Waals surface area contributed by atoms with Crippen LogP contribution >= 0.6 is 0 Å². The molecule has 0 aliphatic rings. The molecule has 0 aliphatic carbocycles. The Bertz CT molecular complexity index is 968. The number of carbonyl (C=O) groups is 2. The van der Waals surface area contributed by atoms with Crippen molar-refractivity contribution in [2.24, 2.45) is 0 Å². The van der Waals surface area contributed by atoms with Crippen LogP contribution in [0.4, 0.5) is 5.69 Å². The lowest BCUT2D eigenvalue weighted by Crippen LogP contribution is -2.10. The smallest absolute Gasteiger partial charge is 0.328 e. The molecule has 3 rings (SSSR count). The molecule has 0 atom stereocenters. The third-order valence-corrected chi connectivity index (χ3v) is 3.73. The molecule has 5 nitrogen and oxygen atoms in total. The first-order valence-electron chi connectivity index (χ1n) is 8.00. The molecule has 0 unspecified atom stereocenters. The molecule has 2 aromatic carbocycles. The number of hydrogen-bond acceptors (Lipinski definition) is 3. The predicted octanol–water partition coefficient (Wildman–Crippen LogP) is 4.61. The lowest BCUT2D eigenvalue weighted by atomic mass is 10.1. The van der Waals surface area contributed by atoms with Crippen LogP contribution in [0, 0.1) is 6.92 Å². The Morgan fingerprint density at radius 3 is 2.54 bits per heavy atom. The number of nitrogens with one attached hydrogen (secondary N) is 1. The minimum atomic E-state index is -1.03. The highest BCUT2D eigenvalue weighted by Crippen LogP contribution is 2.23. The summed E-state index contributed by atoms with van der Waals surface area (Å²) in [6.45, 7) is 2.00. The number of hydrogen-bond donors (Lipinski definition) is 2. The summed E-state index contributed by atoms with van der Waals surface area (Å²) < 4.78 is 5.65. The first-order valence-corrected chi connectivity index (χ1v) is 8.00. The summed E-state index contributed by atoms with van der Waals surface area (Å²) >= 11 is 0. The van der Waals surface area contributed by atoms with Crippen molar-refractivity contribution < 1.29 is 19.1 Å². The number of aliphatic carboxylic acids is 1. The SMILES string of the molecule is Cc1ccc(-c2ccc(C(=O)Nc3cccc(/C=C/C(=O)O)c3)o2)cc1. The number of furan rings is 1. The largest absolute Gasteiger partial charge is 0.478 e.